The average Bonchev–Trinajstić information content (AvgIpc) is 2.23. The summed E-state index contributed by atoms with van der Waals surface area (Å²) in [7, 11) is 1.67. The molecule has 0 radical (unpaired) electrons. The Morgan fingerprint density at radius 2 is 2.06 bits per heavy atom. The van der Waals surface area contributed by atoms with Gasteiger partial charge in [0.25, 0.3) is 0 Å². The number of nitrogens with two attached hydrogens (primary N) is 1. The molecule has 0 aliphatic rings. The molecule has 16 heavy (non-hydrogen) atoms. The molecule has 2 N–H and O–H groups in total. The summed E-state index contributed by atoms with van der Waals surface area (Å²) >= 11 is 0. The van der Waals surface area contributed by atoms with Gasteiger partial charge < -0.3 is 15.2 Å². The molecule has 0 spiro atoms. The van der Waals surface area contributed by atoms with E-state index in [0.29, 0.717) is 30.7 Å². The van der Waals surface area contributed by atoms with Crippen LogP contribution in [0.2, 0.25) is 0 Å². The molecule has 0 atom stereocenters. The summed E-state index contributed by atoms with van der Waals surface area (Å²) in [4.78, 5) is 8.42. The second-order valence-corrected chi connectivity index (χ2v) is 3.84. The molecule has 1 aromatic heterocycles. The summed E-state index contributed by atoms with van der Waals surface area (Å²) in [5.74, 6) is 1.93. The summed E-state index contributed by atoms with van der Waals surface area (Å²) in [5.41, 5.74) is 5.67. The molecule has 1 aromatic rings. The maximum Gasteiger partial charge on any atom is 0.218 e. The van der Waals surface area contributed by atoms with Crippen molar-refractivity contribution in [3.05, 3.63) is 11.9 Å². The van der Waals surface area contributed by atoms with Crippen molar-refractivity contribution in [2.45, 2.75) is 26.2 Å². The predicted octanol–water partition coefficient (Wildman–Crippen LogP) is 1.60. The Labute approximate surface area is 96.0 Å². The number of anilines is 1. The smallest absolute Gasteiger partial charge is 0.218 e. The molecule has 0 fully saturated rings. The van der Waals surface area contributed by atoms with Crippen molar-refractivity contribution in [1.29, 1.82) is 0 Å². The lowest BCUT2D eigenvalue weighted by Crippen LogP contribution is -2.07. The fourth-order valence-electron chi connectivity index (χ4n) is 1.17. The number of hydrogen-bond donors (Lipinski definition) is 1. The third kappa shape index (κ3) is 4.02. The lowest BCUT2D eigenvalue weighted by atomic mass is 10.2. The Morgan fingerprint density at radius 1 is 1.31 bits per heavy atom. The fraction of sp³-hybridized carbons (Fsp3) is 0.636. The molecule has 0 aliphatic heterocycles. The van der Waals surface area contributed by atoms with Gasteiger partial charge in [0.15, 0.2) is 0 Å². The summed E-state index contributed by atoms with van der Waals surface area (Å²) in [5, 5.41) is 0. The van der Waals surface area contributed by atoms with E-state index < -0.39 is 0 Å². The van der Waals surface area contributed by atoms with E-state index in [1.807, 2.05) is 13.8 Å². The van der Waals surface area contributed by atoms with Gasteiger partial charge in [-0.2, -0.15) is 4.98 Å². The van der Waals surface area contributed by atoms with Crippen molar-refractivity contribution in [3.63, 3.8) is 0 Å². The molecule has 5 heteroatoms. The zero-order chi connectivity index (χ0) is 12.0. The largest absolute Gasteiger partial charge is 0.477 e. The lowest BCUT2D eigenvalue weighted by molar-refractivity contribution is 0.170. The number of nitrogen functional groups attached to an aromatic ring is 1. The highest BCUT2D eigenvalue weighted by molar-refractivity contribution is 5.33. The van der Waals surface area contributed by atoms with Crippen molar-refractivity contribution in [1.82, 2.24) is 9.97 Å². The maximum absolute atomic E-state index is 5.67. The molecule has 1 rings (SSSR count). The zero-order valence-electron chi connectivity index (χ0n) is 10.1. The second-order valence-electron chi connectivity index (χ2n) is 3.84. The van der Waals surface area contributed by atoms with E-state index in [-0.39, 0.29) is 5.92 Å². The van der Waals surface area contributed by atoms with Crippen molar-refractivity contribution in [2.75, 3.05) is 26.1 Å². The van der Waals surface area contributed by atoms with Gasteiger partial charge in [-0.15, -0.1) is 0 Å². The van der Waals surface area contributed by atoms with Gasteiger partial charge in [0.1, 0.15) is 11.6 Å². The minimum absolute atomic E-state index is 0.241. The standard InChI is InChI=1S/C11H19N3O2/c1-8(2)11-13-9(12)7-10(14-11)16-6-4-5-15-3/h7-8H,4-6H2,1-3H3,(H2,12,13,14). The number of ether oxygens (including phenoxy) is 2. The van der Waals surface area contributed by atoms with Crippen LogP contribution in [0.3, 0.4) is 0 Å². The molecule has 0 bridgehead atoms. The fourth-order valence-corrected chi connectivity index (χ4v) is 1.17. The Bertz CT molecular complexity index is 329. The summed E-state index contributed by atoms with van der Waals surface area (Å²) in [6.07, 6.45) is 0.831. The highest BCUT2D eigenvalue weighted by Gasteiger charge is 2.07. The first-order valence-corrected chi connectivity index (χ1v) is 5.39. The number of nitrogens with zero attached hydrogens (tertiary/aromatic N) is 2. The molecule has 5 nitrogen and oxygen atoms in total. The second kappa shape index (κ2) is 6.27. The Balaban J connectivity index is 2.58. The molecule has 0 amide bonds. The molecule has 0 aromatic carbocycles. The van der Waals surface area contributed by atoms with Crippen LogP contribution >= 0.6 is 0 Å². The van der Waals surface area contributed by atoms with E-state index in [1.165, 1.54) is 0 Å². The zero-order valence-corrected chi connectivity index (χ0v) is 10.1. The van der Waals surface area contributed by atoms with Crippen molar-refractivity contribution >= 4 is 5.82 Å². The van der Waals surface area contributed by atoms with Crippen LogP contribution in [0, 0.1) is 0 Å². The molecule has 0 unspecified atom stereocenters. The van der Waals surface area contributed by atoms with E-state index in [4.69, 9.17) is 15.2 Å². The lowest BCUT2D eigenvalue weighted by Gasteiger charge is -2.09. The molecular weight excluding hydrogens is 206 g/mol. The monoisotopic (exact) mass is 225 g/mol. The van der Waals surface area contributed by atoms with Gasteiger partial charge in [-0.3, -0.25) is 0 Å². The molecule has 0 aliphatic carbocycles. The van der Waals surface area contributed by atoms with Crippen LogP contribution in [-0.2, 0) is 4.74 Å². The van der Waals surface area contributed by atoms with E-state index in [0.717, 1.165) is 6.42 Å². The Hall–Kier alpha value is -1.36. The molecule has 90 valence electrons. The van der Waals surface area contributed by atoms with Crippen LogP contribution in [0.5, 0.6) is 5.88 Å². The van der Waals surface area contributed by atoms with E-state index in [1.54, 1.807) is 13.2 Å². The van der Waals surface area contributed by atoms with E-state index in [9.17, 15) is 0 Å². The van der Waals surface area contributed by atoms with Gasteiger partial charge in [-0.1, -0.05) is 13.8 Å². The van der Waals surface area contributed by atoms with Gasteiger partial charge >= 0.3 is 0 Å². The van der Waals surface area contributed by atoms with Crippen LogP contribution < -0.4 is 10.5 Å². The van der Waals surface area contributed by atoms with Crippen molar-refractivity contribution in [2.24, 2.45) is 0 Å². The van der Waals surface area contributed by atoms with Gasteiger partial charge in [0, 0.05) is 32.1 Å². The number of rotatable bonds is 6. The SMILES string of the molecule is COCCCOc1cc(N)nc(C(C)C)n1. The Morgan fingerprint density at radius 3 is 2.69 bits per heavy atom. The van der Waals surface area contributed by atoms with Crippen LogP contribution in [0.15, 0.2) is 6.07 Å². The topological polar surface area (TPSA) is 70.3 Å². The molecular formula is C11H19N3O2. The minimum Gasteiger partial charge on any atom is -0.477 e. The first-order valence-electron chi connectivity index (χ1n) is 5.39. The first-order chi connectivity index (χ1) is 7.63. The van der Waals surface area contributed by atoms with Gasteiger partial charge in [-0.25, -0.2) is 4.98 Å². The van der Waals surface area contributed by atoms with Crippen LogP contribution in [0.25, 0.3) is 0 Å². The van der Waals surface area contributed by atoms with E-state index in [2.05, 4.69) is 9.97 Å². The summed E-state index contributed by atoms with van der Waals surface area (Å²) < 4.78 is 10.4. The highest BCUT2D eigenvalue weighted by atomic mass is 16.5. The quantitative estimate of drug-likeness (QED) is 0.744. The minimum atomic E-state index is 0.241. The third-order valence-corrected chi connectivity index (χ3v) is 2.00. The third-order valence-electron chi connectivity index (χ3n) is 2.00. The van der Waals surface area contributed by atoms with Crippen LogP contribution in [-0.4, -0.2) is 30.3 Å². The Kier molecular flexibility index (Phi) is 4.98. The molecule has 0 saturated carbocycles. The molecule has 1 heterocycles. The van der Waals surface area contributed by atoms with Crippen molar-refractivity contribution < 1.29 is 9.47 Å². The summed E-state index contributed by atoms with van der Waals surface area (Å²) in [6, 6.07) is 1.64. The predicted molar refractivity (Wildman–Crippen MR) is 62.5 cm³/mol. The molecule has 0 saturated heterocycles. The van der Waals surface area contributed by atoms with Gasteiger partial charge in [0.2, 0.25) is 5.88 Å². The normalized spacial score (nSPS) is 10.8. The number of aromatic nitrogens is 2. The summed E-state index contributed by atoms with van der Waals surface area (Å²) in [6.45, 7) is 5.28. The maximum atomic E-state index is 5.67. The average molecular weight is 225 g/mol. The van der Waals surface area contributed by atoms with Crippen LogP contribution in [0.1, 0.15) is 32.0 Å². The van der Waals surface area contributed by atoms with Crippen LogP contribution in [0.4, 0.5) is 5.82 Å². The van der Waals surface area contributed by atoms with Gasteiger partial charge in [0.05, 0.1) is 6.61 Å². The number of hydrogen-bond acceptors (Lipinski definition) is 5. The highest BCUT2D eigenvalue weighted by Crippen LogP contribution is 2.16. The van der Waals surface area contributed by atoms with Crippen molar-refractivity contribution in [3.8, 4) is 5.88 Å². The van der Waals surface area contributed by atoms with E-state index >= 15 is 0 Å². The van der Waals surface area contributed by atoms with Gasteiger partial charge in [-0.05, 0) is 0 Å². The first kappa shape index (κ1) is 12.7. The number of methoxy groups -OCH3 is 1.